The van der Waals surface area contributed by atoms with Crippen molar-refractivity contribution in [1.82, 2.24) is 20.0 Å². The number of hydrogen-bond donors (Lipinski definition) is 1. The van der Waals surface area contributed by atoms with Gasteiger partial charge in [0.25, 0.3) is 0 Å². The van der Waals surface area contributed by atoms with Gasteiger partial charge in [-0.1, -0.05) is 20.3 Å². The van der Waals surface area contributed by atoms with Crippen LogP contribution in [0.15, 0.2) is 0 Å². The van der Waals surface area contributed by atoms with Gasteiger partial charge in [0.1, 0.15) is 0 Å². The van der Waals surface area contributed by atoms with Crippen LogP contribution in [0.2, 0.25) is 0 Å². The molecule has 134 valence electrons. The molecule has 0 aromatic heterocycles. The molecule has 3 aliphatic heterocycles. The Morgan fingerprint density at radius 3 is 2.43 bits per heavy atom. The van der Waals surface area contributed by atoms with E-state index in [4.69, 9.17) is 0 Å². The topological polar surface area (TPSA) is 21.8 Å². The van der Waals surface area contributed by atoms with E-state index in [1.165, 1.54) is 91.0 Å². The van der Waals surface area contributed by atoms with E-state index in [2.05, 4.69) is 33.9 Å². The minimum atomic E-state index is 0.776. The molecule has 3 saturated heterocycles. The summed E-state index contributed by atoms with van der Waals surface area (Å²) in [5, 5.41) is 3.69. The Balaban J connectivity index is 1.58. The fraction of sp³-hybridized carbons (Fsp3) is 1.00. The molecule has 0 aromatic rings. The fourth-order valence-corrected chi connectivity index (χ4v) is 5.02. The standard InChI is InChI=1S/C19H38N4/c1-3-18-7-5-6-10-23(18)19-15-20-9-8-17(19)16-22-13-11-21(4-2)12-14-22/h17-20H,3-16H2,1-2H3. The predicted octanol–water partition coefficient (Wildman–Crippen LogP) is 1.87. The summed E-state index contributed by atoms with van der Waals surface area (Å²) in [4.78, 5) is 8.23. The van der Waals surface area contributed by atoms with E-state index >= 15 is 0 Å². The van der Waals surface area contributed by atoms with E-state index in [0.29, 0.717) is 0 Å². The van der Waals surface area contributed by atoms with Crippen LogP contribution in [0.3, 0.4) is 0 Å². The first-order valence-electron chi connectivity index (χ1n) is 10.2. The van der Waals surface area contributed by atoms with E-state index < -0.39 is 0 Å². The first-order chi connectivity index (χ1) is 11.3. The normalized spacial score (nSPS) is 35.5. The Bertz CT molecular complexity index is 340. The summed E-state index contributed by atoms with van der Waals surface area (Å²) in [6.45, 7) is 16.1. The monoisotopic (exact) mass is 322 g/mol. The Labute approximate surface area is 143 Å². The summed E-state index contributed by atoms with van der Waals surface area (Å²) >= 11 is 0. The molecule has 0 bridgehead atoms. The Morgan fingerprint density at radius 2 is 1.70 bits per heavy atom. The lowest BCUT2D eigenvalue weighted by molar-refractivity contribution is 0.0235. The Morgan fingerprint density at radius 1 is 0.913 bits per heavy atom. The molecule has 3 aliphatic rings. The maximum absolute atomic E-state index is 3.69. The Hall–Kier alpha value is -0.160. The molecule has 0 amide bonds. The minimum Gasteiger partial charge on any atom is -0.315 e. The molecule has 1 N–H and O–H groups in total. The van der Waals surface area contributed by atoms with Crippen molar-refractivity contribution in [2.45, 2.75) is 58.0 Å². The van der Waals surface area contributed by atoms with Gasteiger partial charge >= 0.3 is 0 Å². The molecule has 3 atom stereocenters. The van der Waals surface area contributed by atoms with Crippen LogP contribution in [0, 0.1) is 5.92 Å². The largest absolute Gasteiger partial charge is 0.315 e. The smallest absolute Gasteiger partial charge is 0.0264 e. The molecular formula is C19H38N4. The third-order valence-corrected chi connectivity index (χ3v) is 6.56. The zero-order valence-electron chi connectivity index (χ0n) is 15.5. The van der Waals surface area contributed by atoms with Crippen molar-refractivity contribution in [2.24, 2.45) is 5.92 Å². The average Bonchev–Trinajstić information content (AvgIpc) is 2.63. The second kappa shape index (κ2) is 8.80. The third kappa shape index (κ3) is 4.47. The number of piperazine rings is 1. The quantitative estimate of drug-likeness (QED) is 0.834. The molecule has 4 nitrogen and oxygen atoms in total. The van der Waals surface area contributed by atoms with Crippen molar-refractivity contribution >= 4 is 0 Å². The summed E-state index contributed by atoms with van der Waals surface area (Å²) in [5.74, 6) is 0.872. The molecule has 3 rings (SSSR count). The maximum Gasteiger partial charge on any atom is 0.0264 e. The van der Waals surface area contributed by atoms with Gasteiger partial charge in [-0.15, -0.1) is 0 Å². The lowest BCUT2D eigenvalue weighted by atomic mass is 9.87. The molecule has 0 spiro atoms. The van der Waals surface area contributed by atoms with Gasteiger partial charge in [0.05, 0.1) is 0 Å². The molecule has 3 heterocycles. The highest BCUT2D eigenvalue weighted by molar-refractivity contribution is 4.92. The zero-order valence-corrected chi connectivity index (χ0v) is 15.5. The first kappa shape index (κ1) is 17.7. The highest BCUT2D eigenvalue weighted by Crippen LogP contribution is 2.28. The number of nitrogens with one attached hydrogen (secondary N) is 1. The van der Waals surface area contributed by atoms with Crippen molar-refractivity contribution in [3.8, 4) is 0 Å². The minimum absolute atomic E-state index is 0.776. The van der Waals surface area contributed by atoms with Crippen LogP contribution in [0.1, 0.15) is 46.0 Å². The van der Waals surface area contributed by atoms with Crippen LogP contribution < -0.4 is 5.32 Å². The van der Waals surface area contributed by atoms with Crippen LogP contribution in [-0.2, 0) is 0 Å². The van der Waals surface area contributed by atoms with Crippen LogP contribution in [0.5, 0.6) is 0 Å². The van der Waals surface area contributed by atoms with Crippen molar-refractivity contribution in [3.05, 3.63) is 0 Å². The van der Waals surface area contributed by atoms with E-state index in [1.807, 2.05) is 0 Å². The zero-order chi connectivity index (χ0) is 16.1. The van der Waals surface area contributed by atoms with Gasteiger partial charge in [-0.25, -0.2) is 0 Å². The second-order valence-electron chi connectivity index (χ2n) is 7.85. The Kier molecular flexibility index (Phi) is 6.75. The highest BCUT2D eigenvalue weighted by atomic mass is 15.3. The molecule has 23 heavy (non-hydrogen) atoms. The van der Waals surface area contributed by atoms with Crippen molar-refractivity contribution in [1.29, 1.82) is 0 Å². The second-order valence-corrected chi connectivity index (χ2v) is 7.85. The summed E-state index contributed by atoms with van der Waals surface area (Å²) in [5.41, 5.74) is 0. The number of piperidine rings is 2. The molecule has 0 aliphatic carbocycles. The van der Waals surface area contributed by atoms with Crippen molar-refractivity contribution in [2.75, 3.05) is 58.9 Å². The van der Waals surface area contributed by atoms with Crippen LogP contribution in [-0.4, -0.2) is 85.7 Å². The molecule has 0 radical (unpaired) electrons. The summed E-state index contributed by atoms with van der Waals surface area (Å²) in [7, 11) is 0. The first-order valence-corrected chi connectivity index (χ1v) is 10.2. The van der Waals surface area contributed by atoms with Crippen LogP contribution in [0.4, 0.5) is 0 Å². The predicted molar refractivity (Wildman–Crippen MR) is 98.0 cm³/mol. The van der Waals surface area contributed by atoms with E-state index in [-0.39, 0.29) is 0 Å². The van der Waals surface area contributed by atoms with Crippen LogP contribution >= 0.6 is 0 Å². The number of nitrogens with zero attached hydrogens (tertiary/aromatic N) is 3. The molecule has 0 saturated carbocycles. The van der Waals surface area contributed by atoms with E-state index in [9.17, 15) is 0 Å². The van der Waals surface area contributed by atoms with Gasteiger partial charge in [0.15, 0.2) is 0 Å². The molecular weight excluding hydrogens is 284 g/mol. The van der Waals surface area contributed by atoms with Crippen molar-refractivity contribution in [3.63, 3.8) is 0 Å². The number of hydrogen-bond acceptors (Lipinski definition) is 4. The maximum atomic E-state index is 3.69. The molecule has 0 aromatic carbocycles. The highest BCUT2D eigenvalue weighted by Gasteiger charge is 2.35. The van der Waals surface area contributed by atoms with Gasteiger partial charge in [-0.3, -0.25) is 4.90 Å². The number of likely N-dealkylation sites (N-methyl/N-ethyl adjacent to an activating group) is 1. The lowest BCUT2D eigenvalue weighted by Crippen LogP contribution is -2.59. The van der Waals surface area contributed by atoms with Gasteiger partial charge in [-0.2, -0.15) is 0 Å². The average molecular weight is 323 g/mol. The van der Waals surface area contributed by atoms with E-state index in [0.717, 1.165) is 18.0 Å². The lowest BCUT2D eigenvalue weighted by Gasteiger charge is -2.48. The van der Waals surface area contributed by atoms with E-state index in [1.54, 1.807) is 0 Å². The summed E-state index contributed by atoms with van der Waals surface area (Å²) in [6, 6.07) is 1.62. The SMILES string of the molecule is CCC1CCCCN1C1CNCCC1CN1CCN(CC)CC1. The molecule has 3 fully saturated rings. The van der Waals surface area contributed by atoms with Gasteiger partial charge < -0.3 is 15.1 Å². The fourth-order valence-electron chi connectivity index (χ4n) is 5.02. The third-order valence-electron chi connectivity index (χ3n) is 6.56. The number of rotatable bonds is 5. The molecule has 3 unspecified atom stereocenters. The summed E-state index contributed by atoms with van der Waals surface area (Å²) in [6.07, 6.45) is 6.98. The van der Waals surface area contributed by atoms with Gasteiger partial charge in [-0.05, 0) is 51.2 Å². The number of likely N-dealkylation sites (tertiary alicyclic amines) is 1. The molecule has 4 heteroatoms. The van der Waals surface area contributed by atoms with Crippen molar-refractivity contribution < 1.29 is 0 Å². The summed E-state index contributed by atoms with van der Waals surface area (Å²) < 4.78 is 0. The van der Waals surface area contributed by atoms with Crippen LogP contribution in [0.25, 0.3) is 0 Å². The van der Waals surface area contributed by atoms with Gasteiger partial charge in [0.2, 0.25) is 0 Å². The van der Waals surface area contributed by atoms with Gasteiger partial charge in [0, 0.05) is 51.4 Å².